The zero-order chi connectivity index (χ0) is 14.7. The van der Waals surface area contributed by atoms with Gasteiger partial charge >= 0.3 is 5.97 Å². The van der Waals surface area contributed by atoms with Gasteiger partial charge in [-0.25, -0.2) is 4.79 Å². The maximum absolute atomic E-state index is 10.8. The van der Waals surface area contributed by atoms with Crippen LogP contribution in [-0.2, 0) is 11.3 Å². The fraction of sp³-hybridized carbons (Fsp3) is 0.500. The summed E-state index contributed by atoms with van der Waals surface area (Å²) in [5, 5.41) is 12.6. The van der Waals surface area contributed by atoms with Gasteiger partial charge in [0.05, 0.1) is 12.1 Å². The summed E-state index contributed by atoms with van der Waals surface area (Å²) in [6, 6.07) is 4.18. The molecule has 1 aromatic carbocycles. The summed E-state index contributed by atoms with van der Waals surface area (Å²) in [5.41, 5.74) is 0.981. The Bertz CT molecular complexity index is 502. The van der Waals surface area contributed by atoms with Crippen molar-refractivity contribution in [3.63, 3.8) is 0 Å². The molecule has 1 atom stereocenters. The molecule has 5 nitrogen and oxygen atoms in total. The van der Waals surface area contributed by atoms with Crippen LogP contribution in [0.3, 0.4) is 0 Å². The molecule has 0 spiro atoms. The van der Waals surface area contributed by atoms with Crippen LogP contribution in [0.15, 0.2) is 12.1 Å². The minimum atomic E-state index is -1.05. The summed E-state index contributed by atoms with van der Waals surface area (Å²) in [5.74, 6) is -0.347. The second-order valence-electron chi connectivity index (χ2n) is 4.86. The average Bonchev–Trinajstić information content (AvgIpc) is 3.22. The topological polar surface area (TPSA) is 67.8 Å². The minimum absolute atomic E-state index is 0.263. The smallest absolute Gasteiger partial charge is 0.344 e. The molecule has 1 saturated carbocycles. The predicted octanol–water partition coefficient (Wildman–Crippen LogP) is 2.45. The average molecular weight is 300 g/mol. The lowest BCUT2D eigenvalue weighted by Crippen LogP contribution is -2.23. The third kappa shape index (κ3) is 3.77. The summed E-state index contributed by atoms with van der Waals surface area (Å²) < 4.78 is 10.6. The summed E-state index contributed by atoms with van der Waals surface area (Å²) >= 11 is 6.17. The molecule has 6 heteroatoms. The number of carboxylic acids is 1. The van der Waals surface area contributed by atoms with Crippen LogP contribution in [0.25, 0.3) is 0 Å². The van der Waals surface area contributed by atoms with Gasteiger partial charge in [0.15, 0.2) is 17.6 Å². The van der Waals surface area contributed by atoms with Gasteiger partial charge in [0, 0.05) is 12.6 Å². The number of aliphatic carboxylic acids is 1. The first-order valence-electron chi connectivity index (χ1n) is 6.50. The molecular weight excluding hydrogens is 282 g/mol. The Balaban J connectivity index is 2.15. The second-order valence-corrected chi connectivity index (χ2v) is 5.27. The van der Waals surface area contributed by atoms with Gasteiger partial charge in [0.1, 0.15) is 0 Å². The van der Waals surface area contributed by atoms with Crippen molar-refractivity contribution in [2.45, 2.75) is 38.5 Å². The van der Waals surface area contributed by atoms with Crippen molar-refractivity contribution in [1.82, 2.24) is 5.32 Å². The van der Waals surface area contributed by atoms with E-state index in [1.165, 1.54) is 26.9 Å². The normalized spacial score (nSPS) is 15.8. The van der Waals surface area contributed by atoms with E-state index < -0.39 is 12.1 Å². The quantitative estimate of drug-likeness (QED) is 0.809. The molecule has 20 heavy (non-hydrogen) atoms. The lowest BCUT2D eigenvalue weighted by atomic mass is 10.2. The number of methoxy groups -OCH3 is 1. The molecule has 2 rings (SSSR count). The highest BCUT2D eigenvalue weighted by molar-refractivity contribution is 6.32. The molecule has 110 valence electrons. The summed E-state index contributed by atoms with van der Waals surface area (Å²) in [7, 11) is 1.50. The number of nitrogens with one attached hydrogen (secondary N) is 1. The maximum Gasteiger partial charge on any atom is 0.344 e. The van der Waals surface area contributed by atoms with Gasteiger partial charge in [0.25, 0.3) is 0 Å². The van der Waals surface area contributed by atoms with Crippen LogP contribution in [0, 0.1) is 0 Å². The van der Waals surface area contributed by atoms with E-state index in [1.54, 1.807) is 6.07 Å². The third-order valence-corrected chi connectivity index (χ3v) is 3.38. The maximum atomic E-state index is 10.8. The Hall–Kier alpha value is -1.46. The summed E-state index contributed by atoms with van der Waals surface area (Å²) in [6.07, 6.45) is 1.43. The van der Waals surface area contributed by atoms with Crippen molar-refractivity contribution in [2.75, 3.05) is 7.11 Å². The van der Waals surface area contributed by atoms with Crippen LogP contribution in [-0.4, -0.2) is 30.3 Å². The minimum Gasteiger partial charge on any atom is -0.493 e. The Labute approximate surface area is 122 Å². The van der Waals surface area contributed by atoms with E-state index in [0.29, 0.717) is 23.4 Å². The highest BCUT2D eigenvalue weighted by Crippen LogP contribution is 2.37. The first kappa shape index (κ1) is 14.9. The molecule has 0 radical (unpaired) electrons. The van der Waals surface area contributed by atoms with Crippen molar-refractivity contribution in [2.24, 2.45) is 0 Å². The lowest BCUT2D eigenvalue weighted by molar-refractivity contribution is -0.144. The van der Waals surface area contributed by atoms with Gasteiger partial charge in [-0.05, 0) is 37.5 Å². The number of hydrogen-bond acceptors (Lipinski definition) is 4. The molecule has 0 aliphatic heterocycles. The van der Waals surface area contributed by atoms with Crippen molar-refractivity contribution in [3.05, 3.63) is 22.7 Å². The van der Waals surface area contributed by atoms with Crippen molar-refractivity contribution < 1.29 is 19.4 Å². The Kier molecular flexibility index (Phi) is 4.73. The number of benzene rings is 1. The number of rotatable bonds is 7. The van der Waals surface area contributed by atoms with Crippen LogP contribution in [0.5, 0.6) is 11.5 Å². The standard InChI is InChI=1S/C14H18ClNO4/c1-8(14(17)18)20-13-11(15)5-9(6-12(13)19-2)7-16-10-3-4-10/h5-6,8,10,16H,3-4,7H2,1-2H3,(H,17,18). The first-order chi connectivity index (χ1) is 9.51. The van der Waals surface area contributed by atoms with E-state index in [4.69, 9.17) is 26.2 Å². The molecule has 0 heterocycles. The molecule has 1 aliphatic carbocycles. The molecule has 1 unspecified atom stereocenters. The summed E-state index contributed by atoms with van der Waals surface area (Å²) in [6.45, 7) is 2.15. The van der Waals surface area contributed by atoms with Gasteiger partial charge < -0.3 is 19.9 Å². The lowest BCUT2D eigenvalue weighted by Gasteiger charge is -2.16. The molecule has 0 aromatic heterocycles. The van der Waals surface area contributed by atoms with Gasteiger partial charge in [-0.2, -0.15) is 0 Å². The van der Waals surface area contributed by atoms with E-state index in [2.05, 4.69) is 5.32 Å². The monoisotopic (exact) mass is 299 g/mol. The first-order valence-corrected chi connectivity index (χ1v) is 6.88. The fourth-order valence-corrected chi connectivity index (χ4v) is 2.04. The largest absolute Gasteiger partial charge is 0.493 e. The highest BCUT2D eigenvalue weighted by Gasteiger charge is 2.22. The summed E-state index contributed by atoms with van der Waals surface area (Å²) in [4.78, 5) is 10.8. The highest BCUT2D eigenvalue weighted by atomic mass is 35.5. The molecule has 0 bridgehead atoms. The number of ether oxygens (including phenoxy) is 2. The van der Waals surface area contributed by atoms with Crippen molar-refractivity contribution >= 4 is 17.6 Å². The number of halogens is 1. The van der Waals surface area contributed by atoms with E-state index in [0.717, 1.165) is 5.56 Å². The predicted molar refractivity (Wildman–Crippen MR) is 75.6 cm³/mol. The second kappa shape index (κ2) is 6.33. The number of hydrogen-bond donors (Lipinski definition) is 2. The number of carbonyl (C=O) groups is 1. The molecule has 1 aromatic rings. The SMILES string of the molecule is COc1cc(CNC2CC2)cc(Cl)c1OC(C)C(=O)O. The van der Waals surface area contributed by atoms with Crippen LogP contribution in [0.1, 0.15) is 25.3 Å². The van der Waals surface area contributed by atoms with Crippen molar-refractivity contribution in [1.29, 1.82) is 0 Å². The molecule has 0 saturated heterocycles. The van der Waals surface area contributed by atoms with E-state index in [9.17, 15) is 4.79 Å². The van der Waals surface area contributed by atoms with Crippen LogP contribution in [0.2, 0.25) is 5.02 Å². The third-order valence-electron chi connectivity index (χ3n) is 3.10. The number of carboxylic acid groups (broad SMARTS) is 1. The van der Waals surface area contributed by atoms with Gasteiger partial charge in [0.2, 0.25) is 0 Å². The molecule has 1 fully saturated rings. The van der Waals surface area contributed by atoms with Crippen LogP contribution < -0.4 is 14.8 Å². The zero-order valence-electron chi connectivity index (χ0n) is 11.5. The van der Waals surface area contributed by atoms with Gasteiger partial charge in [-0.1, -0.05) is 11.6 Å². The molecule has 0 amide bonds. The molecular formula is C14H18ClNO4. The van der Waals surface area contributed by atoms with E-state index in [1.807, 2.05) is 6.07 Å². The Morgan fingerprint density at radius 2 is 2.25 bits per heavy atom. The van der Waals surface area contributed by atoms with Crippen LogP contribution >= 0.6 is 11.6 Å². The van der Waals surface area contributed by atoms with Gasteiger partial charge in [-0.3, -0.25) is 0 Å². The Morgan fingerprint density at radius 1 is 1.55 bits per heavy atom. The molecule has 2 N–H and O–H groups in total. The van der Waals surface area contributed by atoms with E-state index >= 15 is 0 Å². The molecule has 1 aliphatic rings. The Morgan fingerprint density at radius 3 is 2.80 bits per heavy atom. The zero-order valence-corrected chi connectivity index (χ0v) is 12.2. The fourth-order valence-electron chi connectivity index (χ4n) is 1.77. The van der Waals surface area contributed by atoms with Crippen molar-refractivity contribution in [3.8, 4) is 11.5 Å². The van der Waals surface area contributed by atoms with Crippen LogP contribution in [0.4, 0.5) is 0 Å². The van der Waals surface area contributed by atoms with E-state index in [-0.39, 0.29) is 5.75 Å². The van der Waals surface area contributed by atoms with Gasteiger partial charge in [-0.15, -0.1) is 0 Å².